The highest BCUT2D eigenvalue weighted by Gasteiger charge is 2.02. The molecule has 17 heavy (non-hydrogen) atoms. The van der Waals surface area contributed by atoms with Crippen LogP contribution in [0.1, 0.15) is 28.8 Å². The SMILES string of the molecule is CCc1ccc(Cc2nc(CNC)cs2)cc1. The summed E-state index contributed by atoms with van der Waals surface area (Å²) >= 11 is 1.74. The number of rotatable bonds is 5. The molecule has 1 aromatic carbocycles. The fourth-order valence-electron chi connectivity index (χ4n) is 1.76. The van der Waals surface area contributed by atoms with Crippen molar-refractivity contribution in [2.24, 2.45) is 0 Å². The first-order valence-corrected chi connectivity index (χ1v) is 6.85. The molecule has 0 saturated carbocycles. The van der Waals surface area contributed by atoms with E-state index in [1.165, 1.54) is 16.1 Å². The summed E-state index contributed by atoms with van der Waals surface area (Å²) in [5.74, 6) is 0. The van der Waals surface area contributed by atoms with Gasteiger partial charge in [-0.2, -0.15) is 0 Å². The molecule has 0 saturated heterocycles. The molecule has 0 unspecified atom stereocenters. The number of benzene rings is 1. The molecular formula is C14H18N2S. The number of nitrogens with one attached hydrogen (secondary N) is 1. The van der Waals surface area contributed by atoms with Crippen molar-refractivity contribution in [3.05, 3.63) is 51.5 Å². The number of hydrogen-bond donors (Lipinski definition) is 1. The monoisotopic (exact) mass is 246 g/mol. The summed E-state index contributed by atoms with van der Waals surface area (Å²) in [4.78, 5) is 4.59. The second-order valence-electron chi connectivity index (χ2n) is 4.11. The van der Waals surface area contributed by atoms with Crippen LogP contribution in [0.3, 0.4) is 0 Å². The quantitative estimate of drug-likeness (QED) is 0.877. The van der Waals surface area contributed by atoms with E-state index in [4.69, 9.17) is 0 Å². The van der Waals surface area contributed by atoms with E-state index in [0.717, 1.165) is 25.1 Å². The first kappa shape index (κ1) is 12.3. The molecule has 2 aromatic rings. The van der Waals surface area contributed by atoms with E-state index in [9.17, 15) is 0 Å². The molecule has 0 aliphatic rings. The molecule has 3 heteroatoms. The highest BCUT2D eigenvalue weighted by atomic mass is 32.1. The number of hydrogen-bond acceptors (Lipinski definition) is 3. The smallest absolute Gasteiger partial charge is 0.0972 e. The summed E-state index contributed by atoms with van der Waals surface area (Å²) in [5.41, 5.74) is 3.87. The predicted molar refractivity (Wildman–Crippen MR) is 73.5 cm³/mol. The minimum atomic E-state index is 0.852. The summed E-state index contributed by atoms with van der Waals surface area (Å²) in [5, 5.41) is 6.45. The Bertz CT molecular complexity index is 459. The van der Waals surface area contributed by atoms with Gasteiger partial charge in [-0.3, -0.25) is 0 Å². The third-order valence-corrected chi connectivity index (χ3v) is 3.64. The van der Waals surface area contributed by atoms with Crippen LogP contribution in [0.4, 0.5) is 0 Å². The Hall–Kier alpha value is -1.19. The molecule has 0 bridgehead atoms. The maximum atomic E-state index is 4.59. The third kappa shape index (κ3) is 3.38. The Balaban J connectivity index is 2.03. The molecule has 1 heterocycles. The standard InChI is InChI=1S/C14H18N2S/c1-3-11-4-6-12(7-5-11)8-14-16-13(9-15-2)10-17-14/h4-7,10,15H,3,8-9H2,1-2H3. The summed E-state index contributed by atoms with van der Waals surface area (Å²) < 4.78 is 0. The molecule has 2 rings (SSSR count). The van der Waals surface area contributed by atoms with Gasteiger partial charge in [0.05, 0.1) is 10.7 Å². The second-order valence-corrected chi connectivity index (χ2v) is 5.05. The van der Waals surface area contributed by atoms with Crippen molar-refractivity contribution >= 4 is 11.3 Å². The second kappa shape index (κ2) is 5.94. The van der Waals surface area contributed by atoms with Gasteiger partial charge < -0.3 is 5.32 Å². The lowest BCUT2D eigenvalue weighted by Gasteiger charge is -2.00. The van der Waals surface area contributed by atoms with Crippen molar-refractivity contribution in [2.45, 2.75) is 26.3 Å². The maximum absolute atomic E-state index is 4.59. The van der Waals surface area contributed by atoms with Crippen molar-refractivity contribution in [1.29, 1.82) is 0 Å². The zero-order valence-electron chi connectivity index (χ0n) is 10.4. The molecule has 0 radical (unpaired) electrons. The largest absolute Gasteiger partial charge is 0.314 e. The van der Waals surface area contributed by atoms with E-state index in [1.807, 2.05) is 7.05 Å². The summed E-state index contributed by atoms with van der Waals surface area (Å²) in [7, 11) is 1.95. The molecule has 0 aliphatic carbocycles. The maximum Gasteiger partial charge on any atom is 0.0972 e. The Morgan fingerprint density at radius 2 is 1.88 bits per heavy atom. The fraction of sp³-hybridized carbons (Fsp3) is 0.357. The lowest BCUT2D eigenvalue weighted by molar-refractivity contribution is 0.793. The number of aromatic nitrogens is 1. The molecular weight excluding hydrogens is 228 g/mol. The first-order chi connectivity index (χ1) is 8.31. The zero-order chi connectivity index (χ0) is 12.1. The van der Waals surface area contributed by atoms with Crippen molar-refractivity contribution in [2.75, 3.05) is 7.05 Å². The van der Waals surface area contributed by atoms with Crippen LogP contribution in [0.5, 0.6) is 0 Å². The van der Waals surface area contributed by atoms with Crippen molar-refractivity contribution < 1.29 is 0 Å². The van der Waals surface area contributed by atoms with Crippen LogP contribution in [0.25, 0.3) is 0 Å². The van der Waals surface area contributed by atoms with Crippen LogP contribution in [0.15, 0.2) is 29.6 Å². The van der Waals surface area contributed by atoms with E-state index in [-0.39, 0.29) is 0 Å². The molecule has 0 spiro atoms. The normalized spacial score (nSPS) is 10.7. The molecule has 1 N–H and O–H groups in total. The zero-order valence-corrected chi connectivity index (χ0v) is 11.2. The number of thiazole rings is 1. The van der Waals surface area contributed by atoms with Crippen LogP contribution < -0.4 is 5.32 Å². The van der Waals surface area contributed by atoms with Crippen molar-refractivity contribution in [1.82, 2.24) is 10.3 Å². The van der Waals surface area contributed by atoms with Crippen LogP contribution in [-0.4, -0.2) is 12.0 Å². The number of aryl methyl sites for hydroxylation is 1. The van der Waals surface area contributed by atoms with E-state index in [0.29, 0.717) is 0 Å². The lowest BCUT2D eigenvalue weighted by atomic mass is 10.1. The van der Waals surface area contributed by atoms with Gasteiger partial charge in [0.25, 0.3) is 0 Å². The minimum Gasteiger partial charge on any atom is -0.314 e. The van der Waals surface area contributed by atoms with Crippen LogP contribution >= 0.6 is 11.3 Å². The Labute approximate surface area is 107 Å². The van der Waals surface area contributed by atoms with Crippen LogP contribution in [0.2, 0.25) is 0 Å². The number of nitrogens with zero attached hydrogens (tertiary/aromatic N) is 1. The Morgan fingerprint density at radius 1 is 1.18 bits per heavy atom. The Morgan fingerprint density at radius 3 is 2.53 bits per heavy atom. The lowest BCUT2D eigenvalue weighted by Crippen LogP contribution is -2.05. The van der Waals surface area contributed by atoms with Gasteiger partial charge in [-0.15, -0.1) is 11.3 Å². The van der Waals surface area contributed by atoms with E-state index in [1.54, 1.807) is 11.3 Å². The molecule has 90 valence electrons. The average molecular weight is 246 g/mol. The van der Waals surface area contributed by atoms with Crippen LogP contribution in [0, 0.1) is 0 Å². The molecule has 0 atom stereocenters. The third-order valence-electron chi connectivity index (χ3n) is 2.74. The highest BCUT2D eigenvalue weighted by Crippen LogP contribution is 2.15. The Kier molecular flexibility index (Phi) is 4.29. The summed E-state index contributed by atoms with van der Waals surface area (Å²) in [6, 6.07) is 8.82. The van der Waals surface area contributed by atoms with Gasteiger partial charge in [0.15, 0.2) is 0 Å². The molecule has 0 aliphatic heterocycles. The van der Waals surface area contributed by atoms with Crippen molar-refractivity contribution in [3.8, 4) is 0 Å². The molecule has 1 aromatic heterocycles. The summed E-state index contributed by atoms with van der Waals surface area (Å²) in [6.07, 6.45) is 2.04. The van der Waals surface area contributed by atoms with Gasteiger partial charge in [-0.05, 0) is 24.6 Å². The van der Waals surface area contributed by atoms with Crippen LogP contribution in [-0.2, 0) is 19.4 Å². The van der Waals surface area contributed by atoms with Gasteiger partial charge in [-0.25, -0.2) is 4.98 Å². The molecule has 0 amide bonds. The van der Waals surface area contributed by atoms with E-state index >= 15 is 0 Å². The summed E-state index contributed by atoms with van der Waals surface area (Å²) in [6.45, 7) is 3.03. The van der Waals surface area contributed by atoms with Gasteiger partial charge in [0.1, 0.15) is 0 Å². The molecule has 0 fully saturated rings. The van der Waals surface area contributed by atoms with E-state index in [2.05, 4.69) is 46.9 Å². The van der Waals surface area contributed by atoms with Gasteiger partial charge >= 0.3 is 0 Å². The van der Waals surface area contributed by atoms with Gasteiger partial charge in [-0.1, -0.05) is 31.2 Å². The van der Waals surface area contributed by atoms with Crippen molar-refractivity contribution in [3.63, 3.8) is 0 Å². The topological polar surface area (TPSA) is 24.9 Å². The first-order valence-electron chi connectivity index (χ1n) is 5.97. The predicted octanol–water partition coefficient (Wildman–Crippen LogP) is 3.02. The average Bonchev–Trinajstić information content (AvgIpc) is 2.78. The van der Waals surface area contributed by atoms with Gasteiger partial charge in [0, 0.05) is 18.3 Å². The molecule has 2 nitrogen and oxygen atoms in total. The van der Waals surface area contributed by atoms with E-state index < -0.39 is 0 Å². The van der Waals surface area contributed by atoms with Gasteiger partial charge in [0.2, 0.25) is 0 Å². The minimum absolute atomic E-state index is 0.852. The fourth-order valence-corrected chi connectivity index (χ4v) is 2.59. The highest BCUT2D eigenvalue weighted by molar-refractivity contribution is 7.09.